The molecule has 2 heterocycles. The summed E-state index contributed by atoms with van der Waals surface area (Å²) in [6.45, 7) is 0. The van der Waals surface area contributed by atoms with Gasteiger partial charge in [-0.25, -0.2) is 0 Å². The minimum Gasteiger partial charge on any atom is -0.497 e. The Morgan fingerprint density at radius 1 is 1.00 bits per heavy atom. The molecule has 2 aliphatic heterocycles. The van der Waals surface area contributed by atoms with Crippen LogP contribution in [0.3, 0.4) is 0 Å². The van der Waals surface area contributed by atoms with Gasteiger partial charge in [0.15, 0.2) is 0 Å². The molecule has 4 rings (SSSR count). The molecule has 1 amide bonds. The van der Waals surface area contributed by atoms with Gasteiger partial charge < -0.3 is 15.4 Å². The highest BCUT2D eigenvalue weighted by Crippen LogP contribution is 2.40. The Labute approximate surface area is 141 Å². The van der Waals surface area contributed by atoms with Crippen LogP contribution in [-0.2, 0) is 4.79 Å². The lowest BCUT2D eigenvalue weighted by Crippen LogP contribution is -2.11. The number of allylic oxidation sites excluding steroid dienone is 1. The van der Waals surface area contributed by atoms with Crippen LogP contribution in [0.25, 0.3) is 5.57 Å². The van der Waals surface area contributed by atoms with E-state index in [1.165, 1.54) is 25.3 Å². The van der Waals surface area contributed by atoms with Gasteiger partial charge in [-0.3, -0.25) is 19.7 Å². The molecule has 0 saturated carbocycles. The van der Waals surface area contributed by atoms with E-state index in [9.17, 15) is 19.7 Å². The van der Waals surface area contributed by atoms with Crippen LogP contribution < -0.4 is 15.4 Å². The van der Waals surface area contributed by atoms with Gasteiger partial charge >= 0.3 is 0 Å². The third kappa shape index (κ3) is 2.15. The fourth-order valence-corrected chi connectivity index (χ4v) is 2.97. The molecule has 0 spiro atoms. The zero-order valence-corrected chi connectivity index (χ0v) is 13.0. The Hall–Kier alpha value is -3.68. The van der Waals surface area contributed by atoms with Crippen LogP contribution in [0.4, 0.5) is 17.1 Å². The molecule has 0 unspecified atom stereocenters. The summed E-state index contributed by atoms with van der Waals surface area (Å²) in [4.78, 5) is 35.6. The lowest BCUT2D eigenvalue weighted by molar-refractivity contribution is -0.384. The van der Waals surface area contributed by atoms with Gasteiger partial charge in [-0.05, 0) is 24.3 Å². The van der Waals surface area contributed by atoms with Gasteiger partial charge in [0.25, 0.3) is 11.6 Å². The summed E-state index contributed by atoms with van der Waals surface area (Å²) in [6.07, 6.45) is 0. The number of amides is 1. The molecular formula is C17H11N3O5. The monoisotopic (exact) mass is 337 g/mol. The quantitative estimate of drug-likeness (QED) is 0.495. The van der Waals surface area contributed by atoms with E-state index in [1.807, 2.05) is 0 Å². The van der Waals surface area contributed by atoms with E-state index < -0.39 is 10.8 Å². The number of anilines is 2. The molecule has 2 aromatic rings. The first kappa shape index (κ1) is 14.9. The zero-order valence-electron chi connectivity index (χ0n) is 13.0. The summed E-state index contributed by atoms with van der Waals surface area (Å²) >= 11 is 0. The van der Waals surface area contributed by atoms with Gasteiger partial charge in [0.2, 0.25) is 5.78 Å². The van der Waals surface area contributed by atoms with E-state index in [1.54, 1.807) is 18.2 Å². The van der Waals surface area contributed by atoms with Crippen molar-refractivity contribution in [3.8, 4) is 5.75 Å². The van der Waals surface area contributed by atoms with E-state index in [2.05, 4.69) is 10.6 Å². The van der Waals surface area contributed by atoms with Gasteiger partial charge in [0, 0.05) is 23.4 Å². The number of Topliss-reactive ketones (excluding diaryl/α,β-unsaturated/α-hetero) is 1. The predicted octanol–water partition coefficient (Wildman–Crippen LogP) is 2.58. The minimum absolute atomic E-state index is 0.0962. The average Bonchev–Trinajstić information content (AvgIpc) is 3.09. The number of nitro benzene ring substituents is 1. The van der Waals surface area contributed by atoms with Gasteiger partial charge in [0.1, 0.15) is 11.4 Å². The van der Waals surface area contributed by atoms with E-state index in [-0.39, 0.29) is 22.7 Å². The Morgan fingerprint density at radius 2 is 1.72 bits per heavy atom. The number of hydrogen-bond acceptors (Lipinski definition) is 6. The van der Waals surface area contributed by atoms with Crippen molar-refractivity contribution in [2.75, 3.05) is 17.7 Å². The third-order valence-corrected chi connectivity index (χ3v) is 4.17. The fourth-order valence-electron chi connectivity index (χ4n) is 2.97. The van der Waals surface area contributed by atoms with E-state index >= 15 is 0 Å². The Balaban J connectivity index is 1.88. The number of fused-ring (bicyclic) bond motifs is 2. The zero-order chi connectivity index (χ0) is 17.7. The second kappa shape index (κ2) is 5.17. The van der Waals surface area contributed by atoms with Crippen LogP contribution in [0.2, 0.25) is 0 Å². The van der Waals surface area contributed by atoms with Gasteiger partial charge in [-0.15, -0.1) is 0 Å². The van der Waals surface area contributed by atoms with Crippen molar-refractivity contribution in [3.63, 3.8) is 0 Å². The van der Waals surface area contributed by atoms with Crippen molar-refractivity contribution in [2.45, 2.75) is 0 Å². The van der Waals surface area contributed by atoms with Crippen molar-refractivity contribution >= 4 is 34.3 Å². The van der Waals surface area contributed by atoms with Crippen LogP contribution in [0.1, 0.15) is 15.9 Å². The number of non-ortho nitro benzene ring substituents is 1. The molecule has 124 valence electrons. The number of hydrogen-bond donors (Lipinski definition) is 2. The Morgan fingerprint density at radius 3 is 2.44 bits per heavy atom. The highest BCUT2D eigenvalue weighted by atomic mass is 16.6. The SMILES string of the molecule is COc1ccc2c(c1)C(=O)/C(=C1/C(=O)Nc3ccc([N+](=O)[O-])cc31)N2. The average molecular weight is 337 g/mol. The first-order valence-electron chi connectivity index (χ1n) is 7.34. The number of methoxy groups -OCH3 is 1. The summed E-state index contributed by atoms with van der Waals surface area (Å²) in [5.41, 5.74) is 1.74. The van der Waals surface area contributed by atoms with E-state index in [0.29, 0.717) is 28.3 Å². The number of ether oxygens (including phenoxy) is 1. The molecule has 2 aliphatic rings. The first-order valence-corrected chi connectivity index (χ1v) is 7.34. The Kier molecular flexibility index (Phi) is 3.08. The maximum atomic E-state index is 12.7. The lowest BCUT2D eigenvalue weighted by Gasteiger charge is -2.03. The summed E-state index contributed by atoms with van der Waals surface area (Å²) < 4.78 is 5.12. The predicted molar refractivity (Wildman–Crippen MR) is 89.6 cm³/mol. The highest BCUT2D eigenvalue weighted by Gasteiger charge is 2.36. The normalized spacial score (nSPS) is 17.6. The maximum Gasteiger partial charge on any atom is 0.270 e. The molecule has 8 heteroatoms. The van der Waals surface area contributed by atoms with Crippen LogP contribution in [-0.4, -0.2) is 23.7 Å². The number of carbonyl (C=O) groups excluding carboxylic acids is 2. The molecule has 0 atom stereocenters. The summed E-state index contributed by atoms with van der Waals surface area (Å²) in [5.74, 6) is -0.323. The summed E-state index contributed by atoms with van der Waals surface area (Å²) in [7, 11) is 1.49. The molecule has 2 N–H and O–H groups in total. The van der Waals surface area contributed by atoms with Crippen molar-refractivity contribution in [2.24, 2.45) is 0 Å². The van der Waals surface area contributed by atoms with Gasteiger partial charge in [-0.1, -0.05) is 0 Å². The van der Waals surface area contributed by atoms with E-state index in [0.717, 1.165) is 0 Å². The van der Waals surface area contributed by atoms with Crippen LogP contribution in [0.15, 0.2) is 42.1 Å². The second-order valence-electron chi connectivity index (χ2n) is 5.56. The highest BCUT2D eigenvalue weighted by molar-refractivity contribution is 6.39. The standard InChI is InChI=1S/C17H11N3O5/c1-25-9-3-5-13-11(7-9)16(21)15(18-13)14-10-6-8(20(23)24)2-4-12(10)19-17(14)22/h2-7,18H,1H3,(H,19,22)/b15-14-. The molecule has 0 fully saturated rings. The lowest BCUT2D eigenvalue weighted by atomic mass is 10.0. The van der Waals surface area contributed by atoms with Crippen molar-refractivity contribution < 1.29 is 19.2 Å². The minimum atomic E-state index is -0.547. The van der Waals surface area contributed by atoms with Crippen LogP contribution in [0.5, 0.6) is 5.75 Å². The number of ketones is 1. The van der Waals surface area contributed by atoms with Gasteiger partial charge in [0.05, 0.1) is 28.9 Å². The van der Waals surface area contributed by atoms with Crippen LogP contribution in [0, 0.1) is 10.1 Å². The third-order valence-electron chi connectivity index (χ3n) is 4.17. The number of nitrogens with zero attached hydrogens (tertiary/aromatic N) is 1. The van der Waals surface area contributed by atoms with Crippen molar-refractivity contribution in [1.29, 1.82) is 0 Å². The second-order valence-corrected chi connectivity index (χ2v) is 5.56. The number of benzene rings is 2. The topological polar surface area (TPSA) is 111 Å². The molecular weight excluding hydrogens is 326 g/mol. The summed E-state index contributed by atoms with van der Waals surface area (Å²) in [5, 5.41) is 16.6. The van der Waals surface area contributed by atoms with Crippen LogP contribution >= 0.6 is 0 Å². The molecule has 8 nitrogen and oxygen atoms in total. The fraction of sp³-hybridized carbons (Fsp3) is 0.0588. The molecule has 2 aromatic carbocycles. The molecule has 0 saturated heterocycles. The van der Waals surface area contributed by atoms with Crippen molar-refractivity contribution in [1.82, 2.24) is 0 Å². The van der Waals surface area contributed by atoms with Crippen molar-refractivity contribution in [3.05, 3.63) is 63.3 Å². The summed E-state index contributed by atoms with van der Waals surface area (Å²) in [6, 6.07) is 9.00. The molecule has 0 radical (unpaired) electrons. The Bertz CT molecular complexity index is 1010. The van der Waals surface area contributed by atoms with Gasteiger partial charge in [-0.2, -0.15) is 0 Å². The molecule has 25 heavy (non-hydrogen) atoms. The molecule has 0 bridgehead atoms. The molecule has 0 aromatic heterocycles. The smallest absolute Gasteiger partial charge is 0.270 e. The first-order chi connectivity index (χ1) is 12.0. The maximum absolute atomic E-state index is 12.7. The number of rotatable bonds is 2. The van der Waals surface area contributed by atoms with E-state index in [4.69, 9.17) is 4.74 Å². The molecule has 0 aliphatic carbocycles. The number of carbonyl (C=O) groups is 2. The number of nitro groups is 1. The largest absolute Gasteiger partial charge is 0.497 e. The number of nitrogens with one attached hydrogen (secondary N) is 2.